The Morgan fingerprint density at radius 1 is 1.23 bits per heavy atom. The number of rotatable bonds is 10. The number of carbonyl (C=O) groups is 3. The van der Waals surface area contributed by atoms with Gasteiger partial charge in [0.1, 0.15) is 0 Å². The fraction of sp³-hybridized carbons (Fsp3) is 0.652. The molecule has 170 valence electrons. The molecule has 1 N–H and O–H groups in total. The first kappa shape index (κ1) is 23.0. The molecular weight excluding hydrogens is 396 g/mol. The van der Waals surface area contributed by atoms with Gasteiger partial charge in [-0.15, -0.1) is 0 Å². The van der Waals surface area contributed by atoms with Crippen LogP contribution in [0.2, 0.25) is 0 Å². The summed E-state index contributed by atoms with van der Waals surface area (Å²) in [6.07, 6.45) is 7.98. The maximum absolute atomic E-state index is 13.3. The highest BCUT2D eigenvalue weighted by molar-refractivity contribution is 5.87. The lowest BCUT2D eigenvalue weighted by atomic mass is 9.96. The monoisotopic (exact) mass is 430 g/mol. The third-order valence-electron chi connectivity index (χ3n) is 5.96. The van der Waals surface area contributed by atoms with E-state index >= 15 is 0 Å². The van der Waals surface area contributed by atoms with Crippen molar-refractivity contribution in [2.24, 2.45) is 5.92 Å². The lowest BCUT2D eigenvalue weighted by Crippen LogP contribution is -2.50. The molecule has 0 radical (unpaired) electrons. The van der Waals surface area contributed by atoms with Crippen LogP contribution < -0.4 is 10.2 Å². The van der Waals surface area contributed by atoms with Gasteiger partial charge in [0.2, 0.25) is 11.8 Å². The molecule has 2 amide bonds. The Balaban J connectivity index is 1.57. The Morgan fingerprint density at radius 3 is 2.61 bits per heavy atom. The second kappa shape index (κ2) is 11.1. The van der Waals surface area contributed by atoms with Gasteiger partial charge >= 0.3 is 5.97 Å². The molecule has 0 aromatic carbocycles. The summed E-state index contributed by atoms with van der Waals surface area (Å²) in [5.74, 6) is -0.576. The van der Waals surface area contributed by atoms with Crippen molar-refractivity contribution in [3.05, 3.63) is 24.5 Å². The van der Waals surface area contributed by atoms with Gasteiger partial charge in [0.25, 0.3) is 0 Å². The normalized spacial score (nSPS) is 19.4. The van der Waals surface area contributed by atoms with Crippen molar-refractivity contribution in [2.75, 3.05) is 31.1 Å². The van der Waals surface area contributed by atoms with E-state index in [1.165, 1.54) is 0 Å². The van der Waals surface area contributed by atoms with Crippen molar-refractivity contribution in [2.45, 2.75) is 64.5 Å². The Kier molecular flexibility index (Phi) is 8.26. The largest absolute Gasteiger partial charge is 0.466 e. The number of nitrogens with zero attached hydrogens (tertiary/aromatic N) is 3. The Morgan fingerprint density at radius 2 is 1.97 bits per heavy atom. The third kappa shape index (κ3) is 6.67. The summed E-state index contributed by atoms with van der Waals surface area (Å²) in [7, 11) is 0. The number of esters is 1. The predicted octanol–water partition coefficient (Wildman–Crippen LogP) is 2.14. The maximum Gasteiger partial charge on any atom is 0.307 e. The number of amides is 2. The number of aromatic nitrogens is 1. The summed E-state index contributed by atoms with van der Waals surface area (Å²) in [5, 5.41) is 2.91. The average molecular weight is 431 g/mol. The first-order chi connectivity index (χ1) is 15.0. The summed E-state index contributed by atoms with van der Waals surface area (Å²) in [6.45, 7) is 5.64. The second-order valence-electron chi connectivity index (χ2n) is 8.37. The van der Waals surface area contributed by atoms with Crippen molar-refractivity contribution < 1.29 is 19.1 Å². The van der Waals surface area contributed by atoms with Crippen LogP contribution in [0.4, 0.5) is 5.69 Å². The van der Waals surface area contributed by atoms with E-state index < -0.39 is 0 Å². The molecule has 1 saturated heterocycles. The van der Waals surface area contributed by atoms with Crippen LogP contribution in [0.5, 0.6) is 0 Å². The molecule has 0 spiro atoms. The van der Waals surface area contributed by atoms with Gasteiger partial charge in [0.05, 0.1) is 25.5 Å². The zero-order valence-electron chi connectivity index (χ0n) is 18.6. The van der Waals surface area contributed by atoms with E-state index in [9.17, 15) is 14.4 Å². The van der Waals surface area contributed by atoms with Crippen LogP contribution in [0, 0.1) is 5.92 Å². The van der Waals surface area contributed by atoms with Crippen molar-refractivity contribution in [1.29, 1.82) is 0 Å². The highest BCUT2D eigenvalue weighted by Crippen LogP contribution is 2.31. The smallest absolute Gasteiger partial charge is 0.307 e. The van der Waals surface area contributed by atoms with Crippen LogP contribution in [-0.2, 0) is 19.1 Å². The molecule has 1 aliphatic heterocycles. The number of hydrogen-bond acceptors (Lipinski definition) is 6. The van der Waals surface area contributed by atoms with E-state index in [0.717, 1.165) is 37.9 Å². The van der Waals surface area contributed by atoms with Gasteiger partial charge in [0.15, 0.2) is 0 Å². The molecule has 1 unspecified atom stereocenters. The number of carbonyl (C=O) groups excluding carboxylic acids is 3. The highest BCUT2D eigenvalue weighted by Gasteiger charge is 2.38. The first-order valence-corrected chi connectivity index (χ1v) is 11.4. The van der Waals surface area contributed by atoms with Gasteiger partial charge in [-0.05, 0) is 51.2 Å². The van der Waals surface area contributed by atoms with Crippen molar-refractivity contribution >= 4 is 23.5 Å². The minimum absolute atomic E-state index is 0.0502. The number of hydrogen-bond donors (Lipinski definition) is 1. The molecule has 1 aromatic heterocycles. The summed E-state index contributed by atoms with van der Waals surface area (Å²) < 4.78 is 4.99. The van der Waals surface area contributed by atoms with Crippen molar-refractivity contribution in [3.63, 3.8) is 0 Å². The number of pyridine rings is 1. The topological polar surface area (TPSA) is 91.8 Å². The summed E-state index contributed by atoms with van der Waals surface area (Å²) in [6, 6.07) is 3.81. The zero-order valence-corrected chi connectivity index (χ0v) is 18.6. The number of anilines is 1. The Labute approximate surface area is 184 Å². The van der Waals surface area contributed by atoms with Crippen LogP contribution in [0.25, 0.3) is 0 Å². The minimum atomic E-state index is -0.316. The first-order valence-electron chi connectivity index (χ1n) is 11.4. The van der Waals surface area contributed by atoms with Gasteiger partial charge in [-0.2, -0.15) is 0 Å². The molecule has 2 heterocycles. The quantitative estimate of drug-likeness (QED) is 0.572. The van der Waals surface area contributed by atoms with Crippen molar-refractivity contribution in [1.82, 2.24) is 15.2 Å². The van der Waals surface area contributed by atoms with E-state index in [4.69, 9.17) is 4.74 Å². The summed E-state index contributed by atoms with van der Waals surface area (Å²) in [5.41, 5.74) is 1.08. The Hall–Kier alpha value is -2.64. The molecule has 0 bridgehead atoms. The zero-order chi connectivity index (χ0) is 22.2. The molecule has 3 rings (SSSR count). The van der Waals surface area contributed by atoms with E-state index in [1.807, 2.05) is 19.1 Å². The number of nitrogens with one attached hydrogen (secondary N) is 1. The maximum atomic E-state index is 13.3. The molecule has 1 aliphatic carbocycles. The molecule has 2 aliphatic rings. The van der Waals surface area contributed by atoms with E-state index in [1.54, 1.807) is 24.2 Å². The van der Waals surface area contributed by atoms with Gasteiger partial charge in [-0.25, -0.2) is 0 Å². The molecule has 1 aromatic rings. The van der Waals surface area contributed by atoms with Crippen LogP contribution in [0.3, 0.4) is 0 Å². The molecule has 2 fully saturated rings. The number of piperidine rings is 1. The molecule has 1 saturated carbocycles. The molecule has 2 atom stereocenters. The SMILES string of the molecule is CCOC(=O)C[C@@H](CC)NC(=O)CN(C(=O)C1CCCN(c2ccncc2)C1)C1CC1. The third-order valence-corrected chi connectivity index (χ3v) is 5.96. The predicted molar refractivity (Wildman–Crippen MR) is 117 cm³/mol. The van der Waals surface area contributed by atoms with Crippen LogP contribution in [0.1, 0.15) is 52.4 Å². The minimum Gasteiger partial charge on any atom is -0.466 e. The molecule has 31 heavy (non-hydrogen) atoms. The lowest BCUT2D eigenvalue weighted by Gasteiger charge is -2.36. The standard InChI is InChI=1S/C23H34N4O4/c1-3-18(14-22(29)31-4-2)25-21(28)16-27(20-7-8-20)23(30)17-6-5-13-26(15-17)19-9-11-24-12-10-19/h9-12,17-18,20H,3-8,13-16H2,1-2H3,(H,25,28)/t17?,18-/m1/s1. The van der Waals surface area contributed by atoms with Gasteiger partial charge in [-0.3, -0.25) is 19.4 Å². The summed E-state index contributed by atoms with van der Waals surface area (Å²) >= 11 is 0. The van der Waals surface area contributed by atoms with Crippen molar-refractivity contribution in [3.8, 4) is 0 Å². The Bertz CT molecular complexity index is 753. The second-order valence-corrected chi connectivity index (χ2v) is 8.37. The molecule has 8 heteroatoms. The average Bonchev–Trinajstić information content (AvgIpc) is 3.62. The summed E-state index contributed by atoms with van der Waals surface area (Å²) in [4.78, 5) is 45.8. The van der Waals surface area contributed by atoms with Gasteiger partial charge < -0.3 is 19.9 Å². The molecule has 8 nitrogen and oxygen atoms in total. The lowest BCUT2D eigenvalue weighted by molar-refractivity contribution is -0.144. The van der Waals surface area contributed by atoms with Gasteiger partial charge in [0, 0.05) is 43.3 Å². The van der Waals surface area contributed by atoms with Gasteiger partial charge in [-0.1, -0.05) is 6.92 Å². The van der Waals surface area contributed by atoms with Crippen LogP contribution in [-0.4, -0.2) is 66.0 Å². The fourth-order valence-electron chi connectivity index (χ4n) is 4.12. The van der Waals surface area contributed by atoms with E-state index in [-0.39, 0.29) is 48.8 Å². The molecular formula is C23H34N4O4. The highest BCUT2D eigenvalue weighted by atomic mass is 16.5. The fourth-order valence-corrected chi connectivity index (χ4v) is 4.12. The van der Waals surface area contributed by atoms with Crippen LogP contribution in [0.15, 0.2) is 24.5 Å². The number of ether oxygens (including phenoxy) is 1. The van der Waals surface area contributed by atoms with E-state index in [0.29, 0.717) is 19.6 Å². The van der Waals surface area contributed by atoms with Crippen LogP contribution >= 0.6 is 0 Å². The van der Waals surface area contributed by atoms with E-state index in [2.05, 4.69) is 15.2 Å².